The molecule has 31 heavy (non-hydrogen) atoms. The van der Waals surface area contributed by atoms with Gasteiger partial charge < -0.3 is 10.1 Å². The molecule has 0 radical (unpaired) electrons. The highest BCUT2D eigenvalue weighted by Gasteiger charge is 2.41. The number of nitrogens with one attached hydrogen (secondary N) is 1. The Morgan fingerprint density at radius 3 is 2.29 bits per heavy atom. The van der Waals surface area contributed by atoms with E-state index >= 15 is 0 Å². The number of amides is 2. The van der Waals surface area contributed by atoms with Crippen LogP contribution in [-0.4, -0.2) is 18.4 Å². The summed E-state index contributed by atoms with van der Waals surface area (Å²) in [6, 6.07) is 22.3. The van der Waals surface area contributed by atoms with Crippen LogP contribution in [0.4, 0.5) is 11.4 Å². The SMILES string of the molecule is CCOc1ccccc1N1C(=O)C(Nc2ccc(C)cc2C)=C(c2ccccc2)C1=O. The molecule has 1 N–H and O–H groups in total. The maximum Gasteiger partial charge on any atom is 0.282 e. The topological polar surface area (TPSA) is 58.6 Å². The van der Waals surface area contributed by atoms with Crippen LogP contribution in [0.5, 0.6) is 5.75 Å². The molecule has 1 aliphatic rings. The van der Waals surface area contributed by atoms with Crippen LogP contribution >= 0.6 is 0 Å². The second-order valence-corrected chi connectivity index (χ2v) is 7.41. The molecule has 0 aliphatic carbocycles. The van der Waals surface area contributed by atoms with E-state index in [4.69, 9.17) is 4.74 Å². The van der Waals surface area contributed by atoms with Gasteiger partial charge in [-0.05, 0) is 50.1 Å². The first-order chi connectivity index (χ1) is 15.0. The zero-order valence-electron chi connectivity index (χ0n) is 17.8. The summed E-state index contributed by atoms with van der Waals surface area (Å²) >= 11 is 0. The van der Waals surface area contributed by atoms with Crippen molar-refractivity contribution in [2.24, 2.45) is 0 Å². The van der Waals surface area contributed by atoms with E-state index in [1.165, 1.54) is 4.90 Å². The normalized spacial score (nSPS) is 13.7. The Bertz CT molecular complexity index is 1180. The Kier molecular flexibility index (Phi) is 5.58. The summed E-state index contributed by atoms with van der Waals surface area (Å²) in [6.07, 6.45) is 0. The molecule has 0 fully saturated rings. The van der Waals surface area contributed by atoms with Gasteiger partial charge in [0.15, 0.2) is 0 Å². The van der Waals surface area contributed by atoms with Crippen molar-refractivity contribution >= 4 is 28.8 Å². The number of imide groups is 1. The number of nitrogens with zero attached hydrogens (tertiary/aromatic N) is 1. The van der Waals surface area contributed by atoms with E-state index in [1.807, 2.05) is 75.4 Å². The number of benzene rings is 3. The number of ether oxygens (including phenoxy) is 1. The van der Waals surface area contributed by atoms with E-state index in [-0.39, 0.29) is 11.6 Å². The summed E-state index contributed by atoms with van der Waals surface area (Å²) in [5.41, 5.74) is 4.63. The first kappa shape index (κ1) is 20.4. The average molecular weight is 412 g/mol. The Balaban J connectivity index is 1.84. The van der Waals surface area contributed by atoms with E-state index in [0.717, 1.165) is 16.8 Å². The highest BCUT2D eigenvalue weighted by Crippen LogP contribution is 2.38. The third-order valence-electron chi connectivity index (χ3n) is 5.19. The van der Waals surface area contributed by atoms with Gasteiger partial charge in [-0.1, -0.05) is 60.2 Å². The highest BCUT2D eigenvalue weighted by atomic mass is 16.5. The van der Waals surface area contributed by atoms with Crippen molar-refractivity contribution in [2.75, 3.05) is 16.8 Å². The molecule has 5 heteroatoms. The monoisotopic (exact) mass is 412 g/mol. The molecule has 0 atom stereocenters. The standard InChI is InChI=1S/C26H24N2O3/c1-4-31-22-13-9-8-12-21(22)28-25(29)23(19-10-6-5-7-11-19)24(26(28)30)27-20-15-14-17(2)16-18(20)3/h5-16,27H,4H2,1-3H3. The van der Waals surface area contributed by atoms with E-state index in [0.29, 0.717) is 29.2 Å². The Morgan fingerprint density at radius 2 is 1.58 bits per heavy atom. The molecule has 3 aromatic carbocycles. The quantitative estimate of drug-likeness (QED) is 0.573. The second-order valence-electron chi connectivity index (χ2n) is 7.41. The zero-order chi connectivity index (χ0) is 22.0. The lowest BCUT2D eigenvalue weighted by Gasteiger charge is -2.19. The van der Waals surface area contributed by atoms with Crippen molar-refractivity contribution in [3.05, 3.63) is 95.2 Å². The van der Waals surface area contributed by atoms with Gasteiger partial charge in [0.1, 0.15) is 11.4 Å². The van der Waals surface area contributed by atoms with Crippen LogP contribution in [0.15, 0.2) is 78.5 Å². The predicted octanol–water partition coefficient (Wildman–Crippen LogP) is 5.10. The molecule has 0 unspecified atom stereocenters. The lowest BCUT2D eigenvalue weighted by molar-refractivity contribution is -0.120. The first-order valence-corrected chi connectivity index (χ1v) is 10.3. The molecular formula is C26H24N2O3. The van der Waals surface area contributed by atoms with Crippen molar-refractivity contribution in [3.8, 4) is 5.75 Å². The Hall–Kier alpha value is -3.86. The number of hydrogen-bond donors (Lipinski definition) is 1. The molecule has 2 amide bonds. The third-order valence-corrected chi connectivity index (χ3v) is 5.19. The second kappa shape index (κ2) is 8.48. The van der Waals surface area contributed by atoms with Crippen LogP contribution in [0.2, 0.25) is 0 Å². The van der Waals surface area contributed by atoms with Crippen LogP contribution in [0.25, 0.3) is 5.57 Å². The number of hydrogen-bond acceptors (Lipinski definition) is 4. The number of para-hydroxylation sites is 2. The minimum atomic E-state index is -0.406. The molecule has 0 bridgehead atoms. The van der Waals surface area contributed by atoms with Gasteiger partial charge in [0.25, 0.3) is 11.8 Å². The summed E-state index contributed by atoms with van der Waals surface area (Å²) in [5, 5.41) is 3.24. The molecule has 0 saturated carbocycles. The highest BCUT2D eigenvalue weighted by molar-refractivity contribution is 6.46. The minimum absolute atomic E-state index is 0.259. The van der Waals surface area contributed by atoms with E-state index in [1.54, 1.807) is 18.2 Å². The van der Waals surface area contributed by atoms with E-state index < -0.39 is 5.91 Å². The number of aryl methyl sites for hydroxylation is 2. The summed E-state index contributed by atoms with van der Waals surface area (Å²) in [6.45, 7) is 6.29. The lowest BCUT2D eigenvalue weighted by Crippen LogP contribution is -2.32. The fourth-order valence-electron chi connectivity index (χ4n) is 3.75. The number of anilines is 2. The molecule has 0 aromatic heterocycles. The zero-order valence-corrected chi connectivity index (χ0v) is 17.8. The van der Waals surface area contributed by atoms with Crippen LogP contribution in [0, 0.1) is 13.8 Å². The molecule has 0 spiro atoms. The first-order valence-electron chi connectivity index (χ1n) is 10.3. The molecule has 1 heterocycles. The predicted molar refractivity (Wildman–Crippen MR) is 123 cm³/mol. The van der Waals surface area contributed by atoms with Gasteiger partial charge in [0.2, 0.25) is 0 Å². The molecule has 3 aromatic rings. The summed E-state index contributed by atoms with van der Waals surface area (Å²) in [7, 11) is 0. The van der Waals surface area contributed by atoms with Gasteiger partial charge in [-0.15, -0.1) is 0 Å². The van der Waals surface area contributed by atoms with Crippen molar-refractivity contribution in [3.63, 3.8) is 0 Å². The van der Waals surface area contributed by atoms with Crippen LogP contribution in [0.1, 0.15) is 23.6 Å². The van der Waals surface area contributed by atoms with Crippen LogP contribution in [0.3, 0.4) is 0 Å². The molecule has 156 valence electrons. The summed E-state index contributed by atoms with van der Waals surface area (Å²) < 4.78 is 5.69. The van der Waals surface area contributed by atoms with E-state index in [9.17, 15) is 9.59 Å². The average Bonchev–Trinajstić information content (AvgIpc) is 3.01. The molecule has 1 aliphatic heterocycles. The Labute approximate surface area is 182 Å². The van der Waals surface area contributed by atoms with Crippen molar-refractivity contribution < 1.29 is 14.3 Å². The lowest BCUT2D eigenvalue weighted by atomic mass is 10.0. The Morgan fingerprint density at radius 1 is 0.871 bits per heavy atom. The van der Waals surface area contributed by atoms with Gasteiger partial charge in [0, 0.05) is 5.69 Å². The van der Waals surface area contributed by atoms with Gasteiger partial charge in [-0.2, -0.15) is 0 Å². The largest absolute Gasteiger partial charge is 0.492 e. The van der Waals surface area contributed by atoms with Gasteiger partial charge in [-0.25, -0.2) is 4.90 Å². The fourth-order valence-corrected chi connectivity index (χ4v) is 3.75. The van der Waals surface area contributed by atoms with Crippen molar-refractivity contribution in [1.82, 2.24) is 0 Å². The van der Waals surface area contributed by atoms with Crippen LogP contribution in [-0.2, 0) is 9.59 Å². The molecule has 0 saturated heterocycles. The van der Waals surface area contributed by atoms with Crippen LogP contribution < -0.4 is 15.0 Å². The molecule has 4 rings (SSSR count). The fraction of sp³-hybridized carbons (Fsp3) is 0.154. The maximum absolute atomic E-state index is 13.6. The molecule has 5 nitrogen and oxygen atoms in total. The summed E-state index contributed by atoms with van der Waals surface area (Å²) in [5.74, 6) is -0.293. The molecular weight excluding hydrogens is 388 g/mol. The number of carbonyl (C=O) groups excluding carboxylic acids is 2. The van der Waals surface area contributed by atoms with Gasteiger partial charge in [0.05, 0.1) is 17.9 Å². The van der Waals surface area contributed by atoms with E-state index in [2.05, 4.69) is 5.32 Å². The number of carbonyl (C=O) groups is 2. The third kappa shape index (κ3) is 3.82. The van der Waals surface area contributed by atoms with Crippen molar-refractivity contribution in [2.45, 2.75) is 20.8 Å². The summed E-state index contributed by atoms with van der Waals surface area (Å²) in [4.78, 5) is 28.3. The smallest absolute Gasteiger partial charge is 0.282 e. The van der Waals surface area contributed by atoms with Crippen molar-refractivity contribution in [1.29, 1.82) is 0 Å². The minimum Gasteiger partial charge on any atom is -0.492 e. The maximum atomic E-state index is 13.6. The van der Waals surface area contributed by atoms with Gasteiger partial charge >= 0.3 is 0 Å². The number of rotatable bonds is 6. The van der Waals surface area contributed by atoms with Gasteiger partial charge in [-0.3, -0.25) is 9.59 Å².